The van der Waals surface area contributed by atoms with Gasteiger partial charge in [-0.15, -0.1) is 11.3 Å². The van der Waals surface area contributed by atoms with Crippen LogP contribution >= 0.6 is 11.3 Å². The van der Waals surface area contributed by atoms with E-state index in [2.05, 4.69) is 9.71 Å². The van der Waals surface area contributed by atoms with Gasteiger partial charge in [-0.1, -0.05) is 0 Å². The van der Waals surface area contributed by atoms with Crippen molar-refractivity contribution in [1.82, 2.24) is 4.98 Å². The molecule has 2 N–H and O–H groups in total. The van der Waals surface area contributed by atoms with Crippen molar-refractivity contribution >= 4 is 26.5 Å². The normalized spacial score (nSPS) is 11.4. The van der Waals surface area contributed by atoms with E-state index in [4.69, 9.17) is 5.11 Å². The van der Waals surface area contributed by atoms with Gasteiger partial charge in [-0.05, 0) is 0 Å². The van der Waals surface area contributed by atoms with Crippen LogP contribution in [-0.2, 0) is 10.0 Å². The van der Waals surface area contributed by atoms with E-state index in [1.807, 2.05) is 0 Å². The number of aromatic nitrogens is 1. The second-order valence-electron chi connectivity index (χ2n) is 1.98. The highest BCUT2D eigenvalue weighted by atomic mass is 32.2. The lowest BCUT2D eigenvalue weighted by molar-refractivity contribution is 0.320. The van der Waals surface area contributed by atoms with Gasteiger partial charge in [-0.3, -0.25) is 4.72 Å². The summed E-state index contributed by atoms with van der Waals surface area (Å²) in [4.78, 5) is 3.73. The molecule has 1 aromatic rings. The predicted molar refractivity (Wildman–Crippen MR) is 46.6 cm³/mol. The molecule has 0 saturated carbocycles. The molecule has 1 heterocycles. The third-order valence-electron chi connectivity index (χ3n) is 1.04. The van der Waals surface area contributed by atoms with Gasteiger partial charge in [0.15, 0.2) is 5.13 Å². The first-order valence-corrected chi connectivity index (χ1v) is 5.68. The molecule has 0 bridgehead atoms. The van der Waals surface area contributed by atoms with Crippen LogP contribution in [0.4, 0.5) is 5.13 Å². The summed E-state index contributed by atoms with van der Waals surface area (Å²) in [6.07, 6.45) is 1.50. The highest BCUT2D eigenvalue weighted by molar-refractivity contribution is 7.92. The van der Waals surface area contributed by atoms with E-state index >= 15 is 0 Å². The fourth-order valence-electron chi connectivity index (χ4n) is 0.578. The van der Waals surface area contributed by atoms with E-state index in [1.165, 1.54) is 17.5 Å². The fourth-order valence-corrected chi connectivity index (χ4v) is 2.18. The Balaban J connectivity index is 2.63. The second kappa shape index (κ2) is 3.83. The van der Waals surface area contributed by atoms with Gasteiger partial charge >= 0.3 is 0 Å². The lowest BCUT2D eigenvalue weighted by atomic mass is 10.9. The summed E-state index contributed by atoms with van der Waals surface area (Å²) in [6.45, 7) is -0.388. The zero-order valence-corrected chi connectivity index (χ0v) is 7.73. The first kappa shape index (κ1) is 9.43. The molecule has 0 unspecified atom stereocenters. The lowest BCUT2D eigenvalue weighted by Gasteiger charge is -2.01. The number of sulfonamides is 1. The number of anilines is 1. The van der Waals surface area contributed by atoms with Crippen molar-refractivity contribution in [3.63, 3.8) is 0 Å². The monoisotopic (exact) mass is 208 g/mol. The molecule has 0 aliphatic carbocycles. The van der Waals surface area contributed by atoms with Crippen LogP contribution in [0.15, 0.2) is 11.6 Å². The first-order valence-electron chi connectivity index (χ1n) is 3.15. The van der Waals surface area contributed by atoms with Crippen LogP contribution < -0.4 is 4.72 Å². The Morgan fingerprint density at radius 2 is 2.42 bits per heavy atom. The Morgan fingerprint density at radius 1 is 1.67 bits per heavy atom. The molecule has 0 atom stereocenters. The van der Waals surface area contributed by atoms with Crippen LogP contribution in [-0.4, -0.2) is 30.9 Å². The predicted octanol–water partition coefficient (Wildman–Crippen LogP) is -0.123. The lowest BCUT2D eigenvalue weighted by Crippen LogP contribution is -2.18. The van der Waals surface area contributed by atoms with E-state index in [1.54, 1.807) is 5.38 Å². The van der Waals surface area contributed by atoms with Gasteiger partial charge in [0.1, 0.15) is 0 Å². The number of aliphatic hydroxyl groups is 1. The van der Waals surface area contributed by atoms with Crippen molar-refractivity contribution in [3.8, 4) is 0 Å². The molecule has 0 amide bonds. The van der Waals surface area contributed by atoms with Crippen LogP contribution in [0.1, 0.15) is 0 Å². The van der Waals surface area contributed by atoms with E-state index in [-0.39, 0.29) is 12.4 Å². The van der Waals surface area contributed by atoms with Crippen molar-refractivity contribution in [3.05, 3.63) is 11.6 Å². The standard InChI is InChI=1S/C5H8N2O3S2/c8-2-4-12(9,10)7-5-6-1-3-11-5/h1,3,8H,2,4H2,(H,6,7). The van der Waals surface area contributed by atoms with Gasteiger partial charge in [0, 0.05) is 11.6 Å². The number of thiazole rings is 1. The number of hydrogen-bond acceptors (Lipinski definition) is 5. The van der Waals surface area contributed by atoms with E-state index in [0.717, 1.165) is 0 Å². The molecule has 0 radical (unpaired) electrons. The Hall–Kier alpha value is -0.660. The molecule has 0 aliphatic heterocycles. The molecular weight excluding hydrogens is 200 g/mol. The zero-order chi connectivity index (χ0) is 9.03. The van der Waals surface area contributed by atoms with Crippen LogP contribution in [0.5, 0.6) is 0 Å². The van der Waals surface area contributed by atoms with Crippen molar-refractivity contribution in [2.45, 2.75) is 0 Å². The molecule has 0 aliphatic rings. The van der Waals surface area contributed by atoms with Gasteiger partial charge in [0.2, 0.25) is 10.0 Å². The largest absolute Gasteiger partial charge is 0.395 e. The molecule has 0 fully saturated rings. The molecule has 12 heavy (non-hydrogen) atoms. The maximum absolute atomic E-state index is 11.0. The highest BCUT2D eigenvalue weighted by Crippen LogP contribution is 2.11. The van der Waals surface area contributed by atoms with Crippen LogP contribution in [0.3, 0.4) is 0 Å². The Kier molecular flexibility index (Phi) is 3.01. The summed E-state index contributed by atoms with van der Waals surface area (Å²) in [7, 11) is -3.41. The molecule has 68 valence electrons. The molecule has 0 spiro atoms. The maximum atomic E-state index is 11.0. The molecular formula is C5H8N2O3S2. The van der Waals surface area contributed by atoms with E-state index < -0.39 is 10.0 Å². The SMILES string of the molecule is O=S(=O)(CCO)Nc1nccs1. The van der Waals surface area contributed by atoms with Gasteiger partial charge < -0.3 is 5.11 Å². The summed E-state index contributed by atoms with van der Waals surface area (Å²) in [5.74, 6) is -0.299. The van der Waals surface area contributed by atoms with Crippen molar-refractivity contribution in [2.75, 3.05) is 17.1 Å². The third-order valence-corrected chi connectivity index (χ3v) is 3.08. The van der Waals surface area contributed by atoms with Crippen molar-refractivity contribution in [1.29, 1.82) is 0 Å². The second-order valence-corrected chi connectivity index (χ2v) is 4.72. The van der Waals surface area contributed by atoms with Crippen molar-refractivity contribution < 1.29 is 13.5 Å². The smallest absolute Gasteiger partial charge is 0.236 e. The summed E-state index contributed by atoms with van der Waals surface area (Å²) in [5, 5.41) is 10.4. The van der Waals surface area contributed by atoms with Crippen LogP contribution in [0.25, 0.3) is 0 Å². The Morgan fingerprint density at radius 3 is 2.92 bits per heavy atom. The minimum Gasteiger partial charge on any atom is -0.395 e. The molecule has 1 rings (SSSR count). The number of rotatable bonds is 4. The van der Waals surface area contributed by atoms with Gasteiger partial charge in [-0.25, -0.2) is 13.4 Å². The molecule has 0 saturated heterocycles. The molecule has 5 nitrogen and oxygen atoms in total. The van der Waals surface area contributed by atoms with E-state index in [9.17, 15) is 8.42 Å². The van der Waals surface area contributed by atoms with Gasteiger partial charge in [0.25, 0.3) is 0 Å². The summed E-state index contributed by atoms with van der Waals surface area (Å²) >= 11 is 1.19. The molecule has 1 aromatic heterocycles. The van der Waals surface area contributed by atoms with Crippen LogP contribution in [0.2, 0.25) is 0 Å². The molecule has 7 heteroatoms. The number of nitrogens with zero attached hydrogens (tertiary/aromatic N) is 1. The minimum atomic E-state index is -3.41. The minimum absolute atomic E-state index is 0.299. The topological polar surface area (TPSA) is 79.3 Å². The quantitative estimate of drug-likeness (QED) is 0.722. The average Bonchev–Trinajstić information content (AvgIpc) is 2.38. The summed E-state index contributed by atoms with van der Waals surface area (Å²) in [6, 6.07) is 0. The van der Waals surface area contributed by atoms with Gasteiger partial charge in [0.05, 0.1) is 12.4 Å². The number of hydrogen-bond donors (Lipinski definition) is 2. The Labute approximate surface area is 74.1 Å². The number of nitrogens with one attached hydrogen (secondary N) is 1. The first-order chi connectivity index (χ1) is 5.64. The molecule has 0 aromatic carbocycles. The maximum Gasteiger partial charge on any atom is 0.236 e. The Bertz CT molecular complexity index is 318. The third kappa shape index (κ3) is 2.76. The fraction of sp³-hybridized carbons (Fsp3) is 0.400. The number of aliphatic hydroxyl groups excluding tert-OH is 1. The highest BCUT2D eigenvalue weighted by Gasteiger charge is 2.09. The summed E-state index contributed by atoms with van der Waals surface area (Å²) < 4.78 is 24.2. The van der Waals surface area contributed by atoms with Gasteiger partial charge in [-0.2, -0.15) is 0 Å². The van der Waals surface area contributed by atoms with E-state index in [0.29, 0.717) is 5.13 Å². The van der Waals surface area contributed by atoms with Crippen LogP contribution in [0, 0.1) is 0 Å². The average molecular weight is 208 g/mol. The van der Waals surface area contributed by atoms with Crippen molar-refractivity contribution in [2.24, 2.45) is 0 Å². The summed E-state index contributed by atoms with van der Waals surface area (Å²) in [5.41, 5.74) is 0. The zero-order valence-electron chi connectivity index (χ0n) is 6.10.